The van der Waals surface area contributed by atoms with Crippen molar-refractivity contribution >= 4 is 46.6 Å². The molecule has 0 spiro atoms. The smallest absolute Gasteiger partial charge is 0.234 e. The van der Waals surface area contributed by atoms with E-state index in [9.17, 15) is 9.59 Å². The maximum atomic E-state index is 12.2. The van der Waals surface area contributed by atoms with Gasteiger partial charge in [-0.15, -0.1) is 5.10 Å². The normalized spacial score (nSPS) is 10.2. The van der Waals surface area contributed by atoms with Crippen LogP contribution in [0.2, 0.25) is 5.02 Å². The molecular formula is C19H15ClN6O2S. The molecule has 0 unspecified atom stereocenters. The van der Waals surface area contributed by atoms with E-state index in [1.54, 1.807) is 36.4 Å². The predicted molar refractivity (Wildman–Crippen MR) is 112 cm³/mol. The summed E-state index contributed by atoms with van der Waals surface area (Å²) < 4.78 is 0. The summed E-state index contributed by atoms with van der Waals surface area (Å²) in [5, 5.41) is 22.2. The van der Waals surface area contributed by atoms with Crippen molar-refractivity contribution in [2.45, 2.75) is 12.1 Å². The van der Waals surface area contributed by atoms with E-state index in [0.717, 1.165) is 17.3 Å². The molecule has 0 radical (unpaired) electrons. The zero-order chi connectivity index (χ0) is 20.8. The Balaban J connectivity index is 1.59. The van der Waals surface area contributed by atoms with Crippen molar-refractivity contribution in [3.8, 4) is 17.5 Å². The third-order valence-corrected chi connectivity index (χ3v) is 4.73. The van der Waals surface area contributed by atoms with Gasteiger partial charge in [-0.25, -0.2) is 4.98 Å². The van der Waals surface area contributed by atoms with Crippen molar-refractivity contribution in [3.63, 3.8) is 0 Å². The van der Waals surface area contributed by atoms with Crippen LogP contribution in [0.1, 0.15) is 12.5 Å². The Kier molecular flexibility index (Phi) is 6.49. The second-order valence-electron chi connectivity index (χ2n) is 5.86. The van der Waals surface area contributed by atoms with Crippen LogP contribution in [0.25, 0.3) is 11.4 Å². The van der Waals surface area contributed by atoms with Crippen LogP contribution in [0.5, 0.6) is 0 Å². The summed E-state index contributed by atoms with van der Waals surface area (Å²) in [6.45, 7) is 1.44. The lowest BCUT2D eigenvalue weighted by Crippen LogP contribution is -2.15. The molecule has 0 bridgehead atoms. The zero-order valence-electron chi connectivity index (χ0n) is 15.2. The molecule has 1 heterocycles. The summed E-state index contributed by atoms with van der Waals surface area (Å²) in [4.78, 5) is 27.6. The Labute approximate surface area is 175 Å². The molecule has 0 saturated heterocycles. The van der Waals surface area contributed by atoms with Gasteiger partial charge in [-0.3, -0.25) is 14.7 Å². The third-order valence-electron chi connectivity index (χ3n) is 3.65. The topological polar surface area (TPSA) is 124 Å². The number of thioether (sulfide) groups is 1. The van der Waals surface area contributed by atoms with Crippen LogP contribution < -0.4 is 10.6 Å². The maximum Gasteiger partial charge on any atom is 0.234 e. The van der Waals surface area contributed by atoms with E-state index in [1.165, 1.54) is 13.0 Å². The molecule has 0 atom stereocenters. The van der Waals surface area contributed by atoms with Gasteiger partial charge in [0.05, 0.1) is 17.0 Å². The van der Waals surface area contributed by atoms with Crippen molar-refractivity contribution < 1.29 is 9.59 Å². The number of halogens is 1. The number of hydrogen-bond donors (Lipinski definition) is 3. The molecular weight excluding hydrogens is 412 g/mol. The highest BCUT2D eigenvalue weighted by Crippen LogP contribution is 2.23. The van der Waals surface area contributed by atoms with Crippen molar-refractivity contribution in [1.29, 1.82) is 5.26 Å². The average molecular weight is 427 g/mol. The molecule has 0 aliphatic heterocycles. The lowest BCUT2D eigenvalue weighted by Gasteiger charge is -2.06. The van der Waals surface area contributed by atoms with Gasteiger partial charge in [0.1, 0.15) is 6.07 Å². The van der Waals surface area contributed by atoms with E-state index < -0.39 is 0 Å². The Morgan fingerprint density at radius 3 is 2.66 bits per heavy atom. The van der Waals surface area contributed by atoms with Crippen LogP contribution in [0, 0.1) is 11.3 Å². The van der Waals surface area contributed by atoms with Crippen molar-refractivity contribution in [1.82, 2.24) is 15.2 Å². The minimum Gasteiger partial charge on any atom is -0.326 e. The number of aromatic amines is 1. The number of benzene rings is 2. The van der Waals surface area contributed by atoms with Crippen molar-refractivity contribution in [2.24, 2.45) is 0 Å². The molecule has 146 valence electrons. The van der Waals surface area contributed by atoms with E-state index >= 15 is 0 Å². The molecule has 3 N–H and O–H groups in total. The largest absolute Gasteiger partial charge is 0.326 e. The highest BCUT2D eigenvalue weighted by molar-refractivity contribution is 7.99. The van der Waals surface area contributed by atoms with Crippen LogP contribution >= 0.6 is 23.4 Å². The van der Waals surface area contributed by atoms with Gasteiger partial charge in [-0.1, -0.05) is 23.4 Å². The van der Waals surface area contributed by atoms with Crippen molar-refractivity contribution in [2.75, 3.05) is 16.4 Å². The molecule has 0 saturated carbocycles. The molecule has 8 nitrogen and oxygen atoms in total. The molecule has 0 fully saturated rings. The number of H-pyrrole nitrogens is 1. The molecule has 2 aromatic carbocycles. The number of amides is 2. The Bertz CT molecular complexity index is 1090. The van der Waals surface area contributed by atoms with Crippen LogP contribution in [-0.4, -0.2) is 32.7 Å². The summed E-state index contributed by atoms with van der Waals surface area (Å²) in [5.74, 6) is 0.161. The second-order valence-corrected chi connectivity index (χ2v) is 7.24. The zero-order valence-corrected chi connectivity index (χ0v) is 16.8. The van der Waals surface area contributed by atoms with Gasteiger partial charge in [-0.2, -0.15) is 5.26 Å². The van der Waals surface area contributed by atoms with Gasteiger partial charge in [0.15, 0.2) is 5.82 Å². The van der Waals surface area contributed by atoms with Crippen molar-refractivity contribution in [3.05, 3.63) is 53.1 Å². The molecule has 3 rings (SSSR count). The number of rotatable bonds is 6. The number of nitrogens with one attached hydrogen (secondary N) is 3. The highest BCUT2D eigenvalue weighted by atomic mass is 35.5. The van der Waals surface area contributed by atoms with E-state index in [1.807, 2.05) is 6.07 Å². The predicted octanol–water partition coefficient (Wildman–Crippen LogP) is 3.69. The average Bonchev–Trinajstić information content (AvgIpc) is 3.16. The standard InChI is InChI=1S/C19H15ClN6O2S/c1-11(27)22-15-6-3-12(4-7-15)18-24-19(26-25-18)29-10-17(28)23-16-8-14(20)5-2-13(16)9-21/h2-8H,10H2,1H3,(H,22,27)(H,23,28)(H,24,25,26). The summed E-state index contributed by atoms with van der Waals surface area (Å²) >= 11 is 7.07. The Hall–Kier alpha value is -3.35. The number of hydrogen-bond acceptors (Lipinski definition) is 6. The quantitative estimate of drug-likeness (QED) is 0.516. The van der Waals surface area contributed by atoms with Crippen LogP contribution in [0.15, 0.2) is 47.6 Å². The lowest BCUT2D eigenvalue weighted by molar-refractivity contribution is -0.114. The maximum absolute atomic E-state index is 12.2. The van der Waals surface area contributed by atoms with Gasteiger partial charge >= 0.3 is 0 Å². The number of carbonyl (C=O) groups excluding carboxylic acids is 2. The van der Waals surface area contributed by atoms with Gasteiger partial charge in [-0.05, 0) is 42.5 Å². The van der Waals surface area contributed by atoms with Gasteiger partial charge < -0.3 is 10.6 Å². The number of nitrogens with zero attached hydrogens (tertiary/aromatic N) is 3. The monoisotopic (exact) mass is 426 g/mol. The van der Waals surface area contributed by atoms with E-state index in [-0.39, 0.29) is 17.6 Å². The van der Waals surface area contributed by atoms with Crippen LogP contribution in [0.3, 0.4) is 0 Å². The number of anilines is 2. The van der Waals surface area contributed by atoms with Gasteiger partial charge in [0.25, 0.3) is 0 Å². The Morgan fingerprint density at radius 1 is 1.21 bits per heavy atom. The van der Waals surface area contributed by atoms with E-state index in [0.29, 0.717) is 32.9 Å². The summed E-state index contributed by atoms with van der Waals surface area (Å²) in [6, 6.07) is 13.8. The molecule has 2 amide bonds. The third kappa shape index (κ3) is 5.57. The summed E-state index contributed by atoms with van der Waals surface area (Å²) in [6.07, 6.45) is 0. The number of nitriles is 1. The first-order chi connectivity index (χ1) is 13.9. The Morgan fingerprint density at radius 2 is 1.97 bits per heavy atom. The molecule has 29 heavy (non-hydrogen) atoms. The second kappa shape index (κ2) is 9.23. The van der Waals surface area contributed by atoms with Gasteiger partial charge in [0, 0.05) is 23.2 Å². The fourth-order valence-electron chi connectivity index (χ4n) is 2.39. The number of aromatic nitrogens is 3. The SMILES string of the molecule is CC(=O)Nc1ccc(-c2nc(SCC(=O)Nc3cc(Cl)ccc3C#N)n[nH]2)cc1. The lowest BCUT2D eigenvalue weighted by atomic mass is 10.2. The molecule has 0 aliphatic carbocycles. The number of carbonyl (C=O) groups is 2. The fraction of sp³-hybridized carbons (Fsp3) is 0.105. The van der Waals surface area contributed by atoms with Gasteiger partial charge in [0.2, 0.25) is 17.0 Å². The van der Waals surface area contributed by atoms with E-state index in [2.05, 4.69) is 25.8 Å². The minimum atomic E-state index is -0.306. The molecule has 1 aromatic heterocycles. The molecule has 0 aliphatic rings. The summed E-state index contributed by atoms with van der Waals surface area (Å²) in [7, 11) is 0. The van der Waals surface area contributed by atoms with Crippen LogP contribution in [0.4, 0.5) is 11.4 Å². The van der Waals surface area contributed by atoms with E-state index in [4.69, 9.17) is 16.9 Å². The first-order valence-corrected chi connectivity index (χ1v) is 9.73. The molecule has 3 aromatic rings. The first kappa shape index (κ1) is 20.4. The fourth-order valence-corrected chi connectivity index (χ4v) is 3.16. The first-order valence-electron chi connectivity index (χ1n) is 8.37. The highest BCUT2D eigenvalue weighted by Gasteiger charge is 2.11. The van der Waals surface area contributed by atoms with Crippen LogP contribution in [-0.2, 0) is 9.59 Å². The molecule has 10 heteroatoms. The summed E-state index contributed by atoms with van der Waals surface area (Å²) in [5.41, 5.74) is 2.17. The minimum absolute atomic E-state index is 0.0656.